The van der Waals surface area contributed by atoms with Crippen LogP contribution in [0, 0.1) is 10.1 Å². The molecule has 0 aliphatic carbocycles. The zero-order valence-corrected chi connectivity index (χ0v) is 14.4. The van der Waals surface area contributed by atoms with E-state index in [2.05, 4.69) is 15.9 Å². The predicted molar refractivity (Wildman–Crippen MR) is 93.7 cm³/mol. The molecule has 0 aromatic heterocycles. The Morgan fingerprint density at radius 2 is 1.79 bits per heavy atom. The fourth-order valence-corrected chi connectivity index (χ4v) is 2.63. The van der Waals surface area contributed by atoms with Gasteiger partial charge in [0.15, 0.2) is 0 Å². The molecule has 7 heteroatoms. The maximum atomic E-state index is 12.1. The van der Waals surface area contributed by atoms with E-state index in [0.717, 1.165) is 5.56 Å². The SMILES string of the molecule is O=C(CBr)N(Cc1ccccc1)CC(O)c1ccc([N+](=O)[O-])cc1. The Kier molecular flexibility index (Phi) is 6.45. The van der Waals surface area contributed by atoms with Crippen LogP contribution >= 0.6 is 15.9 Å². The van der Waals surface area contributed by atoms with Gasteiger partial charge in [-0.1, -0.05) is 46.3 Å². The number of aliphatic hydroxyl groups is 1. The number of non-ortho nitro benzene ring substituents is 1. The van der Waals surface area contributed by atoms with Crippen LogP contribution in [0.2, 0.25) is 0 Å². The lowest BCUT2D eigenvalue weighted by Crippen LogP contribution is -2.35. The molecule has 24 heavy (non-hydrogen) atoms. The molecule has 1 atom stereocenters. The first-order valence-corrected chi connectivity index (χ1v) is 8.43. The minimum Gasteiger partial charge on any atom is -0.387 e. The first-order chi connectivity index (χ1) is 11.5. The summed E-state index contributed by atoms with van der Waals surface area (Å²) in [6.45, 7) is 0.493. The Morgan fingerprint density at radius 3 is 2.33 bits per heavy atom. The van der Waals surface area contributed by atoms with Crippen LogP contribution in [0.1, 0.15) is 17.2 Å². The maximum absolute atomic E-state index is 12.1. The number of halogens is 1. The van der Waals surface area contributed by atoms with Crippen LogP contribution in [0.4, 0.5) is 5.69 Å². The lowest BCUT2D eigenvalue weighted by atomic mass is 10.1. The Hall–Kier alpha value is -2.25. The maximum Gasteiger partial charge on any atom is 0.269 e. The monoisotopic (exact) mass is 392 g/mol. The first-order valence-electron chi connectivity index (χ1n) is 7.31. The Morgan fingerprint density at radius 1 is 1.17 bits per heavy atom. The molecule has 0 saturated carbocycles. The number of aliphatic hydroxyl groups excluding tert-OH is 1. The van der Waals surface area contributed by atoms with Gasteiger partial charge in [0, 0.05) is 18.7 Å². The molecule has 0 aliphatic heterocycles. The average Bonchev–Trinajstić information content (AvgIpc) is 2.61. The molecule has 6 nitrogen and oxygen atoms in total. The van der Waals surface area contributed by atoms with Gasteiger partial charge in [-0.15, -0.1) is 0 Å². The van der Waals surface area contributed by atoms with Crippen molar-refractivity contribution in [1.82, 2.24) is 4.90 Å². The molecule has 0 saturated heterocycles. The number of amides is 1. The number of benzene rings is 2. The number of nitrogens with zero attached hydrogens (tertiary/aromatic N) is 2. The van der Waals surface area contributed by atoms with E-state index in [0.29, 0.717) is 12.1 Å². The second-order valence-corrected chi connectivity index (χ2v) is 5.82. The average molecular weight is 393 g/mol. The van der Waals surface area contributed by atoms with Crippen LogP contribution in [0.3, 0.4) is 0 Å². The van der Waals surface area contributed by atoms with Gasteiger partial charge in [-0.05, 0) is 23.3 Å². The highest BCUT2D eigenvalue weighted by molar-refractivity contribution is 9.09. The number of alkyl halides is 1. The standard InChI is InChI=1S/C17H17BrN2O4/c18-10-17(22)19(11-13-4-2-1-3-5-13)12-16(21)14-6-8-15(9-7-14)20(23)24/h1-9,16,21H,10-12H2. The molecule has 0 spiro atoms. The lowest BCUT2D eigenvalue weighted by molar-refractivity contribution is -0.384. The van der Waals surface area contributed by atoms with Crippen molar-refractivity contribution in [3.8, 4) is 0 Å². The van der Waals surface area contributed by atoms with E-state index >= 15 is 0 Å². The third-order valence-electron chi connectivity index (χ3n) is 3.57. The number of nitro benzene ring substituents is 1. The second-order valence-electron chi connectivity index (χ2n) is 5.26. The van der Waals surface area contributed by atoms with Gasteiger partial charge in [0.2, 0.25) is 5.91 Å². The normalized spacial score (nSPS) is 11.8. The van der Waals surface area contributed by atoms with Crippen molar-refractivity contribution in [1.29, 1.82) is 0 Å². The summed E-state index contributed by atoms with van der Waals surface area (Å²) in [4.78, 5) is 23.8. The molecule has 1 unspecified atom stereocenters. The van der Waals surface area contributed by atoms with E-state index in [9.17, 15) is 20.0 Å². The molecule has 0 heterocycles. The molecule has 2 rings (SSSR count). The molecule has 2 aromatic rings. The fraction of sp³-hybridized carbons (Fsp3) is 0.235. The summed E-state index contributed by atoms with van der Waals surface area (Å²) in [6, 6.07) is 15.2. The van der Waals surface area contributed by atoms with E-state index in [1.807, 2.05) is 30.3 Å². The van der Waals surface area contributed by atoms with Gasteiger partial charge in [0.1, 0.15) is 0 Å². The van der Waals surface area contributed by atoms with Gasteiger partial charge in [0.25, 0.3) is 5.69 Å². The molecule has 0 fully saturated rings. The van der Waals surface area contributed by atoms with Crippen LogP contribution < -0.4 is 0 Å². The summed E-state index contributed by atoms with van der Waals surface area (Å²) in [6.07, 6.45) is -0.919. The molecular formula is C17H17BrN2O4. The van der Waals surface area contributed by atoms with Gasteiger partial charge in [-0.2, -0.15) is 0 Å². The molecule has 1 amide bonds. The van der Waals surface area contributed by atoms with Crippen molar-refractivity contribution in [2.75, 3.05) is 11.9 Å². The van der Waals surface area contributed by atoms with Crippen molar-refractivity contribution < 1.29 is 14.8 Å². The molecule has 1 N–H and O–H groups in total. The van der Waals surface area contributed by atoms with Gasteiger partial charge in [-0.25, -0.2) is 0 Å². The number of carbonyl (C=O) groups is 1. The minimum absolute atomic E-state index is 0.0383. The van der Waals surface area contributed by atoms with Crippen molar-refractivity contribution in [3.63, 3.8) is 0 Å². The van der Waals surface area contributed by atoms with E-state index < -0.39 is 11.0 Å². The first kappa shape index (κ1) is 18.1. The largest absolute Gasteiger partial charge is 0.387 e. The van der Waals surface area contributed by atoms with Crippen LogP contribution in [0.15, 0.2) is 54.6 Å². The summed E-state index contributed by atoms with van der Waals surface area (Å²) in [7, 11) is 0. The second kappa shape index (κ2) is 8.56. The van der Waals surface area contributed by atoms with Crippen molar-refractivity contribution in [3.05, 3.63) is 75.8 Å². The molecule has 0 bridgehead atoms. The Labute approximate surface area is 148 Å². The topological polar surface area (TPSA) is 83.7 Å². The minimum atomic E-state index is -0.919. The molecular weight excluding hydrogens is 376 g/mol. The van der Waals surface area contributed by atoms with Gasteiger partial charge >= 0.3 is 0 Å². The Balaban J connectivity index is 2.10. The molecule has 126 valence electrons. The van der Waals surface area contributed by atoms with Crippen molar-refractivity contribution >= 4 is 27.5 Å². The molecule has 2 aromatic carbocycles. The van der Waals surface area contributed by atoms with E-state index in [1.165, 1.54) is 24.3 Å². The third-order valence-corrected chi connectivity index (χ3v) is 4.04. The third kappa shape index (κ3) is 4.87. The van der Waals surface area contributed by atoms with Crippen LogP contribution in [0.25, 0.3) is 0 Å². The van der Waals surface area contributed by atoms with Crippen molar-refractivity contribution in [2.45, 2.75) is 12.6 Å². The quantitative estimate of drug-likeness (QED) is 0.445. The molecule has 0 aliphatic rings. The van der Waals surface area contributed by atoms with Gasteiger partial charge < -0.3 is 10.0 Å². The summed E-state index contributed by atoms with van der Waals surface area (Å²) >= 11 is 3.15. The fourth-order valence-electron chi connectivity index (χ4n) is 2.28. The summed E-state index contributed by atoms with van der Waals surface area (Å²) < 4.78 is 0. The number of rotatable bonds is 7. The summed E-state index contributed by atoms with van der Waals surface area (Å²) in [5, 5.41) is 21.2. The highest BCUT2D eigenvalue weighted by Crippen LogP contribution is 2.20. The van der Waals surface area contributed by atoms with E-state index in [1.54, 1.807) is 4.90 Å². The van der Waals surface area contributed by atoms with Crippen LogP contribution in [-0.4, -0.2) is 32.7 Å². The molecule has 0 radical (unpaired) electrons. The smallest absolute Gasteiger partial charge is 0.269 e. The summed E-state index contributed by atoms with van der Waals surface area (Å²) in [5.41, 5.74) is 1.45. The summed E-state index contributed by atoms with van der Waals surface area (Å²) in [5.74, 6) is -0.139. The van der Waals surface area contributed by atoms with E-state index in [4.69, 9.17) is 0 Å². The number of nitro groups is 1. The van der Waals surface area contributed by atoms with Gasteiger partial charge in [0.05, 0.1) is 22.9 Å². The number of carbonyl (C=O) groups excluding carboxylic acids is 1. The van der Waals surface area contributed by atoms with E-state index in [-0.39, 0.29) is 23.5 Å². The van der Waals surface area contributed by atoms with Gasteiger partial charge in [-0.3, -0.25) is 14.9 Å². The zero-order valence-electron chi connectivity index (χ0n) is 12.8. The number of hydrogen-bond acceptors (Lipinski definition) is 4. The Bertz CT molecular complexity index is 691. The van der Waals surface area contributed by atoms with Crippen LogP contribution in [0.5, 0.6) is 0 Å². The lowest BCUT2D eigenvalue weighted by Gasteiger charge is -2.25. The van der Waals surface area contributed by atoms with Crippen molar-refractivity contribution in [2.24, 2.45) is 0 Å². The van der Waals surface area contributed by atoms with Crippen LogP contribution in [-0.2, 0) is 11.3 Å². The highest BCUT2D eigenvalue weighted by Gasteiger charge is 2.19. The number of hydrogen-bond donors (Lipinski definition) is 1. The zero-order chi connectivity index (χ0) is 17.5. The highest BCUT2D eigenvalue weighted by atomic mass is 79.9. The predicted octanol–water partition coefficient (Wildman–Crippen LogP) is 3.05.